The Labute approximate surface area is 116 Å². The van der Waals surface area contributed by atoms with Gasteiger partial charge in [0, 0.05) is 12.0 Å². The average molecular weight is 274 g/mol. The van der Waals surface area contributed by atoms with Gasteiger partial charge >= 0.3 is 11.9 Å². The average Bonchev–Trinajstić information content (AvgIpc) is 2.76. The summed E-state index contributed by atoms with van der Waals surface area (Å²) in [5.41, 5.74) is 1.23. The van der Waals surface area contributed by atoms with Crippen molar-refractivity contribution in [2.24, 2.45) is 0 Å². The molecule has 0 N–H and O–H groups in total. The van der Waals surface area contributed by atoms with Gasteiger partial charge in [-0.05, 0) is 19.1 Å². The highest BCUT2D eigenvalue weighted by molar-refractivity contribution is 5.96. The SMILES string of the molecule is CC1CC(OC(=O)C2=Cc3ccccc3OC2)C(=O)O1. The minimum Gasteiger partial charge on any atom is -0.488 e. The molecule has 0 radical (unpaired) electrons. The van der Waals surface area contributed by atoms with Gasteiger partial charge in [0.25, 0.3) is 0 Å². The van der Waals surface area contributed by atoms with Crippen molar-refractivity contribution >= 4 is 18.0 Å². The molecule has 2 unspecified atom stereocenters. The number of rotatable bonds is 2. The van der Waals surface area contributed by atoms with Crippen molar-refractivity contribution in [2.45, 2.75) is 25.6 Å². The number of carbonyl (C=O) groups is 2. The zero-order valence-corrected chi connectivity index (χ0v) is 11.0. The fourth-order valence-electron chi connectivity index (χ4n) is 2.26. The molecule has 0 aliphatic carbocycles. The summed E-state index contributed by atoms with van der Waals surface area (Å²) in [7, 11) is 0. The third kappa shape index (κ3) is 2.39. The minimum absolute atomic E-state index is 0.146. The summed E-state index contributed by atoms with van der Waals surface area (Å²) in [6.07, 6.45) is 1.10. The Hall–Kier alpha value is -2.30. The normalized spacial score (nSPS) is 24.2. The smallest absolute Gasteiger partial charge is 0.347 e. The molecule has 3 rings (SSSR count). The van der Waals surface area contributed by atoms with Crippen molar-refractivity contribution in [3.8, 4) is 5.75 Å². The number of esters is 2. The van der Waals surface area contributed by atoms with Crippen LogP contribution in [-0.4, -0.2) is 30.8 Å². The van der Waals surface area contributed by atoms with Crippen LogP contribution in [0, 0.1) is 0 Å². The van der Waals surface area contributed by atoms with Crippen molar-refractivity contribution in [3.05, 3.63) is 35.4 Å². The van der Waals surface area contributed by atoms with E-state index >= 15 is 0 Å². The number of hydrogen-bond acceptors (Lipinski definition) is 5. The van der Waals surface area contributed by atoms with Gasteiger partial charge in [0.1, 0.15) is 18.5 Å². The zero-order chi connectivity index (χ0) is 14.1. The fraction of sp³-hybridized carbons (Fsp3) is 0.333. The molecule has 1 fully saturated rings. The maximum atomic E-state index is 12.0. The molecule has 0 saturated carbocycles. The first-order valence-electron chi connectivity index (χ1n) is 6.47. The Bertz CT molecular complexity index is 590. The molecule has 0 amide bonds. The van der Waals surface area contributed by atoms with E-state index in [1.807, 2.05) is 24.3 Å². The zero-order valence-electron chi connectivity index (χ0n) is 11.0. The lowest BCUT2D eigenvalue weighted by Gasteiger charge is -2.17. The first-order chi connectivity index (χ1) is 9.63. The number of carbonyl (C=O) groups excluding carboxylic acids is 2. The molecule has 0 bridgehead atoms. The van der Waals surface area contributed by atoms with E-state index in [1.54, 1.807) is 13.0 Å². The fourth-order valence-corrected chi connectivity index (χ4v) is 2.26. The first kappa shape index (κ1) is 12.7. The van der Waals surface area contributed by atoms with E-state index in [0.29, 0.717) is 12.0 Å². The highest BCUT2D eigenvalue weighted by Crippen LogP contribution is 2.27. The van der Waals surface area contributed by atoms with Gasteiger partial charge in [-0.3, -0.25) is 0 Å². The topological polar surface area (TPSA) is 61.8 Å². The summed E-state index contributed by atoms with van der Waals surface area (Å²) >= 11 is 0. The second-order valence-corrected chi connectivity index (χ2v) is 4.87. The largest absolute Gasteiger partial charge is 0.488 e. The summed E-state index contributed by atoms with van der Waals surface area (Å²) in [6, 6.07) is 7.42. The molecule has 1 aromatic carbocycles. The Morgan fingerprint density at radius 3 is 2.90 bits per heavy atom. The number of hydrogen-bond donors (Lipinski definition) is 0. The van der Waals surface area contributed by atoms with Gasteiger partial charge in [-0.1, -0.05) is 18.2 Å². The molecule has 0 aromatic heterocycles. The van der Waals surface area contributed by atoms with E-state index in [0.717, 1.165) is 11.3 Å². The monoisotopic (exact) mass is 274 g/mol. The molecule has 2 aliphatic rings. The third-order valence-corrected chi connectivity index (χ3v) is 3.27. The van der Waals surface area contributed by atoms with Gasteiger partial charge < -0.3 is 14.2 Å². The molecule has 5 heteroatoms. The van der Waals surface area contributed by atoms with Crippen LogP contribution >= 0.6 is 0 Å². The van der Waals surface area contributed by atoms with Crippen LogP contribution in [0.4, 0.5) is 0 Å². The molecular weight excluding hydrogens is 260 g/mol. The van der Waals surface area contributed by atoms with Gasteiger partial charge in [-0.25, -0.2) is 9.59 Å². The molecule has 2 atom stereocenters. The van der Waals surface area contributed by atoms with Crippen LogP contribution in [-0.2, 0) is 19.1 Å². The quantitative estimate of drug-likeness (QED) is 0.768. The molecule has 1 saturated heterocycles. The van der Waals surface area contributed by atoms with Crippen LogP contribution < -0.4 is 4.74 Å². The minimum atomic E-state index is -0.810. The number of para-hydroxylation sites is 1. The van der Waals surface area contributed by atoms with Gasteiger partial charge in [0.05, 0.1) is 5.57 Å². The number of benzene rings is 1. The summed E-state index contributed by atoms with van der Waals surface area (Å²) < 4.78 is 15.6. The van der Waals surface area contributed by atoms with Crippen LogP contribution in [0.1, 0.15) is 18.9 Å². The predicted octanol–water partition coefficient (Wildman–Crippen LogP) is 1.71. The Morgan fingerprint density at radius 2 is 2.15 bits per heavy atom. The van der Waals surface area contributed by atoms with Gasteiger partial charge in [-0.2, -0.15) is 0 Å². The van der Waals surface area contributed by atoms with Crippen molar-refractivity contribution in [3.63, 3.8) is 0 Å². The van der Waals surface area contributed by atoms with E-state index in [2.05, 4.69) is 0 Å². The highest BCUT2D eigenvalue weighted by Gasteiger charge is 2.35. The summed E-state index contributed by atoms with van der Waals surface area (Å²) in [5.74, 6) is -0.280. The lowest BCUT2D eigenvalue weighted by atomic mass is 10.1. The number of cyclic esters (lactones) is 1. The van der Waals surface area contributed by atoms with E-state index in [-0.39, 0.29) is 12.7 Å². The highest BCUT2D eigenvalue weighted by atomic mass is 16.6. The summed E-state index contributed by atoms with van der Waals surface area (Å²) in [4.78, 5) is 23.5. The Morgan fingerprint density at radius 1 is 1.35 bits per heavy atom. The van der Waals surface area contributed by atoms with E-state index < -0.39 is 18.0 Å². The summed E-state index contributed by atoms with van der Waals surface area (Å²) in [5, 5.41) is 0. The first-order valence-corrected chi connectivity index (χ1v) is 6.47. The second kappa shape index (κ2) is 5.00. The van der Waals surface area contributed by atoms with Crippen molar-refractivity contribution in [1.82, 2.24) is 0 Å². The predicted molar refractivity (Wildman–Crippen MR) is 70.0 cm³/mol. The van der Waals surface area contributed by atoms with Gasteiger partial charge in [-0.15, -0.1) is 0 Å². The standard InChI is InChI=1S/C15H14O5/c1-9-6-13(15(17)19-9)20-14(16)11-7-10-4-2-3-5-12(10)18-8-11/h2-5,7,9,13H,6,8H2,1H3. The summed E-state index contributed by atoms with van der Waals surface area (Å²) in [6.45, 7) is 1.91. The Balaban J connectivity index is 1.73. The van der Waals surface area contributed by atoms with E-state index in [9.17, 15) is 9.59 Å². The van der Waals surface area contributed by atoms with Crippen LogP contribution in [0.5, 0.6) is 5.75 Å². The lowest BCUT2D eigenvalue weighted by molar-refractivity contribution is -0.158. The maximum Gasteiger partial charge on any atom is 0.347 e. The molecule has 1 aromatic rings. The molecule has 0 spiro atoms. The molecular formula is C15H14O5. The molecule has 2 heterocycles. The van der Waals surface area contributed by atoms with E-state index in [1.165, 1.54) is 0 Å². The van der Waals surface area contributed by atoms with Gasteiger partial charge in [0.15, 0.2) is 0 Å². The second-order valence-electron chi connectivity index (χ2n) is 4.87. The van der Waals surface area contributed by atoms with Gasteiger partial charge in [0.2, 0.25) is 6.10 Å². The molecule has 5 nitrogen and oxygen atoms in total. The third-order valence-electron chi connectivity index (χ3n) is 3.27. The molecule has 20 heavy (non-hydrogen) atoms. The van der Waals surface area contributed by atoms with Crippen molar-refractivity contribution in [1.29, 1.82) is 0 Å². The number of fused-ring (bicyclic) bond motifs is 1. The van der Waals surface area contributed by atoms with Crippen LogP contribution in [0.15, 0.2) is 29.8 Å². The molecule has 2 aliphatic heterocycles. The maximum absolute atomic E-state index is 12.0. The Kier molecular flexibility index (Phi) is 3.18. The van der Waals surface area contributed by atoms with Crippen molar-refractivity contribution in [2.75, 3.05) is 6.61 Å². The van der Waals surface area contributed by atoms with Crippen molar-refractivity contribution < 1.29 is 23.8 Å². The van der Waals surface area contributed by atoms with Crippen LogP contribution in [0.25, 0.3) is 6.08 Å². The van der Waals surface area contributed by atoms with E-state index in [4.69, 9.17) is 14.2 Å². The van der Waals surface area contributed by atoms with Crippen LogP contribution in [0.3, 0.4) is 0 Å². The molecule has 104 valence electrons. The lowest BCUT2D eigenvalue weighted by Crippen LogP contribution is -2.26. The van der Waals surface area contributed by atoms with Crippen LogP contribution in [0.2, 0.25) is 0 Å². The number of ether oxygens (including phenoxy) is 3.